The van der Waals surface area contributed by atoms with E-state index in [9.17, 15) is 12.8 Å². The Morgan fingerprint density at radius 2 is 1.95 bits per heavy atom. The summed E-state index contributed by atoms with van der Waals surface area (Å²) >= 11 is 6.54. The highest BCUT2D eigenvalue weighted by atomic mass is 35.5. The van der Waals surface area contributed by atoms with Crippen molar-refractivity contribution in [2.45, 2.75) is 64.0 Å². The molecule has 2 unspecified atom stereocenters. The van der Waals surface area contributed by atoms with E-state index in [1.54, 1.807) is 56.6 Å². The maximum atomic E-state index is 13.5. The number of nitrogens with zero attached hydrogens (tertiary/aromatic N) is 4. The summed E-state index contributed by atoms with van der Waals surface area (Å²) in [5.74, 6) is 0.637. The molecule has 2 aromatic heterocycles. The second kappa shape index (κ2) is 13.1. The molecule has 0 aliphatic carbocycles. The highest BCUT2D eigenvalue weighted by Crippen LogP contribution is 2.43. The summed E-state index contributed by atoms with van der Waals surface area (Å²) in [4.78, 5) is 13.6. The Balaban J connectivity index is 1.46. The van der Waals surface area contributed by atoms with E-state index >= 15 is 0 Å². The van der Waals surface area contributed by atoms with Gasteiger partial charge in [0, 0.05) is 24.0 Å². The number of benzene rings is 2. The molecule has 3 heterocycles. The van der Waals surface area contributed by atoms with Gasteiger partial charge in [0.25, 0.3) is 0 Å². The van der Waals surface area contributed by atoms with Gasteiger partial charge in [-0.25, -0.2) is 22.8 Å². The molecule has 232 valence electrons. The molecular weight excluding hydrogens is 605 g/mol. The Morgan fingerprint density at radius 3 is 2.61 bits per heavy atom. The number of nitrogens with one attached hydrogen (secondary N) is 1. The fraction of sp³-hybridized carbons (Fsp3) is 0.344. The van der Waals surface area contributed by atoms with Crippen LogP contribution in [0.5, 0.6) is 5.75 Å². The molecule has 44 heavy (non-hydrogen) atoms. The van der Waals surface area contributed by atoms with Crippen molar-refractivity contribution in [3.8, 4) is 5.75 Å². The molecule has 5 rings (SSSR count). The summed E-state index contributed by atoms with van der Waals surface area (Å²) in [5.41, 5.74) is 1.50. The molecule has 0 radical (unpaired) electrons. The van der Waals surface area contributed by atoms with Gasteiger partial charge in [-0.3, -0.25) is 4.98 Å². The predicted molar refractivity (Wildman–Crippen MR) is 170 cm³/mol. The van der Waals surface area contributed by atoms with E-state index in [0.717, 1.165) is 0 Å². The van der Waals surface area contributed by atoms with E-state index in [1.807, 2.05) is 26.0 Å². The first-order valence-corrected chi connectivity index (χ1v) is 16.4. The van der Waals surface area contributed by atoms with Crippen LogP contribution in [0, 0.1) is 5.82 Å². The molecule has 0 saturated heterocycles. The van der Waals surface area contributed by atoms with Crippen molar-refractivity contribution in [3.05, 3.63) is 95.5 Å². The van der Waals surface area contributed by atoms with Crippen molar-refractivity contribution < 1.29 is 22.3 Å². The van der Waals surface area contributed by atoms with Crippen LogP contribution in [0.1, 0.15) is 51.8 Å². The van der Waals surface area contributed by atoms with Crippen LogP contribution in [-0.4, -0.2) is 45.5 Å². The summed E-state index contributed by atoms with van der Waals surface area (Å²) in [5, 5.41) is 3.78. The summed E-state index contributed by atoms with van der Waals surface area (Å²) in [7, 11) is -3.58. The van der Waals surface area contributed by atoms with Crippen LogP contribution in [0.4, 0.5) is 15.9 Å². The van der Waals surface area contributed by atoms with E-state index in [2.05, 4.69) is 15.3 Å². The Hall–Kier alpha value is -3.80. The number of aromatic nitrogens is 3. The third-order valence-corrected chi connectivity index (χ3v) is 10.4. The quantitative estimate of drug-likeness (QED) is 0.175. The van der Waals surface area contributed by atoms with Crippen molar-refractivity contribution in [2.24, 2.45) is 0 Å². The molecule has 1 N–H and O–H groups in total. The number of anilines is 2. The van der Waals surface area contributed by atoms with Crippen LogP contribution in [-0.2, 0) is 27.0 Å². The fourth-order valence-electron chi connectivity index (χ4n) is 5.52. The zero-order valence-electron chi connectivity index (χ0n) is 25.0. The van der Waals surface area contributed by atoms with Gasteiger partial charge in [-0.2, -0.15) is 4.31 Å². The third-order valence-electron chi connectivity index (χ3n) is 7.74. The van der Waals surface area contributed by atoms with Crippen molar-refractivity contribution in [1.29, 1.82) is 0 Å². The van der Waals surface area contributed by atoms with Gasteiger partial charge in [-0.1, -0.05) is 37.6 Å². The number of likely N-dealkylation sites (N-methyl/N-ethyl adjacent to an activating group) is 1. The van der Waals surface area contributed by atoms with Gasteiger partial charge in [0.15, 0.2) is 5.60 Å². The van der Waals surface area contributed by atoms with Crippen molar-refractivity contribution in [2.75, 3.05) is 11.9 Å². The second-order valence-corrected chi connectivity index (χ2v) is 13.7. The summed E-state index contributed by atoms with van der Waals surface area (Å²) in [6, 6.07) is 12.8. The summed E-state index contributed by atoms with van der Waals surface area (Å²) in [6.07, 6.45) is 7.57. The highest BCUT2D eigenvalue weighted by molar-refractivity contribution is 7.89. The molecular formula is C32H35ClFN5O4S. The molecule has 0 bridgehead atoms. The third kappa shape index (κ3) is 6.22. The molecule has 0 amide bonds. The zero-order valence-corrected chi connectivity index (χ0v) is 26.6. The molecule has 0 fully saturated rings. The largest absolute Gasteiger partial charge is 0.487 e. The van der Waals surface area contributed by atoms with E-state index in [1.165, 1.54) is 22.8 Å². The van der Waals surface area contributed by atoms with E-state index in [-0.39, 0.29) is 12.4 Å². The average Bonchev–Trinajstić information content (AvgIpc) is 3.50. The molecule has 12 heteroatoms. The predicted octanol–water partition coefficient (Wildman–Crippen LogP) is 7.11. The molecule has 2 atom stereocenters. The van der Waals surface area contributed by atoms with Crippen LogP contribution < -0.4 is 10.1 Å². The number of sulfonamides is 1. The number of pyridine rings is 1. The van der Waals surface area contributed by atoms with Gasteiger partial charge in [-0.05, 0) is 68.3 Å². The Morgan fingerprint density at radius 1 is 1.14 bits per heavy atom. The average molecular weight is 640 g/mol. The lowest BCUT2D eigenvalue weighted by Gasteiger charge is -2.42. The number of rotatable bonds is 12. The first-order valence-electron chi connectivity index (χ1n) is 14.5. The van der Waals surface area contributed by atoms with Gasteiger partial charge in [0.1, 0.15) is 30.3 Å². The van der Waals surface area contributed by atoms with Gasteiger partial charge in [-0.15, -0.1) is 0 Å². The number of halogens is 2. The Bertz CT molecular complexity index is 1780. The van der Waals surface area contributed by atoms with Crippen molar-refractivity contribution in [1.82, 2.24) is 19.3 Å². The second-order valence-electron chi connectivity index (χ2n) is 10.8. The lowest BCUT2D eigenvalue weighted by Crippen LogP contribution is -2.54. The normalized spacial score (nSPS) is 17.3. The van der Waals surface area contributed by atoms with Crippen LogP contribution in [0.3, 0.4) is 0 Å². The van der Waals surface area contributed by atoms with Crippen LogP contribution in [0.15, 0.2) is 73.4 Å². The summed E-state index contributed by atoms with van der Waals surface area (Å²) in [6.45, 7) is 7.64. The highest BCUT2D eigenvalue weighted by Gasteiger charge is 2.49. The summed E-state index contributed by atoms with van der Waals surface area (Å²) < 4.78 is 54.0. The topological polar surface area (TPSA) is 107 Å². The fourth-order valence-corrected chi connectivity index (χ4v) is 7.33. The molecule has 0 saturated carbocycles. The lowest BCUT2D eigenvalue weighted by molar-refractivity contribution is -0.0273. The zero-order chi connectivity index (χ0) is 31.5. The maximum absolute atomic E-state index is 13.5. The Labute approximate surface area is 262 Å². The molecule has 0 spiro atoms. The molecule has 4 aromatic rings. The molecule has 9 nitrogen and oxygen atoms in total. The van der Waals surface area contributed by atoms with Crippen LogP contribution in [0.2, 0.25) is 5.02 Å². The van der Waals surface area contributed by atoms with Gasteiger partial charge in [0.2, 0.25) is 10.0 Å². The minimum absolute atomic E-state index is 0.169. The number of ether oxygens (including phenoxy) is 2. The maximum Gasteiger partial charge on any atom is 0.216 e. The molecule has 1 aliphatic heterocycles. The van der Waals surface area contributed by atoms with E-state index in [0.29, 0.717) is 63.8 Å². The minimum atomic E-state index is -3.58. The van der Waals surface area contributed by atoms with Crippen molar-refractivity contribution in [3.63, 3.8) is 0 Å². The van der Waals surface area contributed by atoms with Gasteiger partial charge in [0.05, 0.1) is 40.0 Å². The van der Waals surface area contributed by atoms with Gasteiger partial charge >= 0.3 is 0 Å². The number of hydrogen-bond acceptors (Lipinski definition) is 8. The monoisotopic (exact) mass is 639 g/mol. The number of fused-ring (bicyclic) bond motifs is 1. The first kappa shape index (κ1) is 31.6. The minimum Gasteiger partial charge on any atom is -0.487 e. The van der Waals surface area contributed by atoms with Crippen molar-refractivity contribution >= 4 is 44.0 Å². The molecule has 2 aromatic carbocycles. The smallest absolute Gasteiger partial charge is 0.216 e. The van der Waals surface area contributed by atoms with Gasteiger partial charge < -0.3 is 14.8 Å². The SMILES string of the molecule is CCC(N(CC)S(=O)(=O)C(C)C)C1(c2cc3c(Nc4ccc(OCc5cccc(F)c5)c(Cl)c4)ncnc3cn2)CC=CO1. The standard InChI is InChI=1S/C32H35ClFN5O4S/c1-5-30(39(6-2)44(40,41)21(3)4)32(13-8-14-43-32)29-17-25-27(18-35-29)36-20-37-31(25)38-24-11-12-28(26(33)16-24)42-19-22-9-7-10-23(34)15-22/h7-12,14-18,20-21,30H,5-6,13,19H2,1-4H3,(H,36,37,38). The van der Waals surface area contributed by atoms with E-state index < -0.39 is 26.9 Å². The molecule has 1 aliphatic rings. The van der Waals surface area contributed by atoms with Crippen LogP contribution >= 0.6 is 11.6 Å². The number of hydrogen-bond donors (Lipinski definition) is 1. The van der Waals surface area contributed by atoms with Crippen LogP contribution in [0.25, 0.3) is 10.9 Å². The lowest BCUT2D eigenvalue weighted by atomic mass is 9.85. The Kier molecular flexibility index (Phi) is 9.38. The van der Waals surface area contributed by atoms with E-state index in [4.69, 9.17) is 26.1 Å². The first-order chi connectivity index (χ1) is 21.1.